The molecule has 1 atom stereocenters. The van der Waals surface area contributed by atoms with Crippen molar-refractivity contribution in [3.05, 3.63) is 29.8 Å². The van der Waals surface area contributed by atoms with E-state index >= 15 is 0 Å². The number of anilines is 1. The summed E-state index contributed by atoms with van der Waals surface area (Å²) in [5.74, 6) is -0.244. The van der Waals surface area contributed by atoms with E-state index in [9.17, 15) is 4.79 Å². The number of nitrogens with one attached hydrogen (secondary N) is 1. The topological polar surface area (TPSA) is 58.6 Å². The third-order valence-electron chi connectivity index (χ3n) is 3.00. The van der Waals surface area contributed by atoms with Crippen LogP contribution in [0.3, 0.4) is 0 Å². The highest BCUT2D eigenvalue weighted by atomic mass is 16.5. The van der Waals surface area contributed by atoms with Crippen molar-refractivity contribution < 1.29 is 14.6 Å². The maximum atomic E-state index is 10.9. The highest BCUT2D eigenvalue weighted by molar-refractivity contribution is 5.88. The number of aromatic carboxylic acids is 1. The fraction of sp³-hybridized carbons (Fsp3) is 0.462. The molecule has 0 aliphatic heterocycles. The fourth-order valence-corrected chi connectivity index (χ4v) is 1.93. The van der Waals surface area contributed by atoms with Crippen molar-refractivity contribution >= 4 is 11.7 Å². The van der Waals surface area contributed by atoms with Gasteiger partial charge in [-0.25, -0.2) is 4.79 Å². The summed E-state index contributed by atoms with van der Waals surface area (Å²) >= 11 is 0. The fourth-order valence-electron chi connectivity index (χ4n) is 1.93. The van der Waals surface area contributed by atoms with Gasteiger partial charge in [0.1, 0.15) is 0 Å². The van der Waals surface area contributed by atoms with Gasteiger partial charge in [0, 0.05) is 12.8 Å². The van der Waals surface area contributed by atoms with Crippen molar-refractivity contribution in [2.75, 3.05) is 19.0 Å². The maximum Gasteiger partial charge on any atom is 0.335 e. The predicted molar refractivity (Wildman–Crippen MR) is 65.4 cm³/mol. The summed E-state index contributed by atoms with van der Waals surface area (Å²) in [6.45, 7) is 0.655. The zero-order valence-corrected chi connectivity index (χ0v) is 9.85. The van der Waals surface area contributed by atoms with E-state index in [2.05, 4.69) is 5.32 Å². The average molecular weight is 235 g/mol. The molecule has 1 saturated carbocycles. The van der Waals surface area contributed by atoms with Crippen molar-refractivity contribution in [3.63, 3.8) is 0 Å². The summed E-state index contributed by atoms with van der Waals surface area (Å²) in [4.78, 5) is 10.9. The van der Waals surface area contributed by atoms with Gasteiger partial charge in [-0.2, -0.15) is 0 Å². The van der Waals surface area contributed by atoms with E-state index in [1.54, 1.807) is 25.3 Å². The van der Waals surface area contributed by atoms with Crippen LogP contribution in [0.1, 0.15) is 23.2 Å². The Balaban J connectivity index is 2.05. The Kier molecular flexibility index (Phi) is 3.64. The molecular formula is C13H17NO3. The molecule has 4 heteroatoms. The van der Waals surface area contributed by atoms with Crippen molar-refractivity contribution in [2.24, 2.45) is 5.92 Å². The number of carboxylic acids is 1. The van der Waals surface area contributed by atoms with Crippen LogP contribution in [0.25, 0.3) is 0 Å². The van der Waals surface area contributed by atoms with Gasteiger partial charge < -0.3 is 15.2 Å². The molecule has 1 aliphatic rings. The monoisotopic (exact) mass is 235 g/mol. The molecule has 1 aromatic carbocycles. The Morgan fingerprint density at radius 1 is 1.59 bits per heavy atom. The van der Waals surface area contributed by atoms with Gasteiger partial charge in [0.15, 0.2) is 0 Å². The molecule has 1 aromatic rings. The Hall–Kier alpha value is -1.55. The van der Waals surface area contributed by atoms with Gasteiger partial charge in [-0.15, -0.1) is 0 Å². The molecule has 4 nitrogen and oxygen atoms in total. The van der Waals surface area contributed by atoms with Crippen LogP contribution in [0.15, 0.2) is 24.3 Å². The molecule has 0 saturated heterocycles. The lowest BCUT2D eigenvalue weighted by Gasteiger charge is -2.18. The number of carbonyl (C=O) groups is 1. The summed E-state index contributed by atoms with van der Waals surface area (Å²) in [5, 5.41) is 12.3. The lowest BCUT2D eigenvalue weighted by molar-refractivity contribution is 0.0697. The SMILES string of the molecule is COCC(Nc1cccc(C(=O)O)c1)C1CC1. The molecule has 0 heterocycles. The predicted octanol–water partition coefficient (Wildman–Crippen LogP) is 2.22. The zero-order valence-electron chi connectivity index (χ0n) is 9.85. The smallest absolute Gasteiger partial charge is 0.335 e. The first kappa shape index (κ1) is 11.9. The molecule has 0 amide bonds. The highest BCUT2D eigenvalue weighted by Crippen LogP contribution is 2.34. The summed E-state index contributed by atoms with van der Waals surface area (Å²) in [6, 6.07) is 7.17. The largest absolute Gasteiger partial charge is 0.478 e. The van der Waals surface area contributed by atoms with Crippen molar-refractivity contribution in [3.8, 4) is 0 Å². The third-order valence-corrected chi connectivity index (χ3v) is 3.00. The van der Waals surface area contributed by atoms with Gasteiger partial charge in [0.25, 0.3) is 0 Å². The molecular weight excluding hydrogens is 218 g/mol. The zero-order chi connectivity index (χ0) is 12.3. The molecule has 2 rings (SSSR count). The standard InChI is InChI=1S/C13H17NO3/c1-17-8-12(9-5-6-9)14-11-4-2-3-10(7-11)13(15)16/h2-4,7,9,12,14H,5-6,8H2,1H3,(H,15,16). The first-order chi connectivity index (χ1) is 8.20. The van der Waals surface area contributed by atoms with E-state index in [4.69, 9.17) is 9.84 Å². The second kappa shape index (κ2) is 5.19. The number of hydrogen-bond acceptors (Lipinski definition) is 3. The number of carboxylic acid groups (broad SMARTS) is 1. The quantitative estimate of drug-likeness (QED) is 0.793. The highest BCUT2D eigenvalue weighted by Gasteiger charge is 2.31. The van der Waals surface area contributed by atoms with E-state index in [0.29, 0.717) is 18.1 Å². The second-order valence-corrected chi connectivity index (χ2v) is 4.43. The molecule has 0 spiro atoms. The summed E-state index contributed by atoms with van der Waals surface area (Å²) < 4.78 is 5.18. The van der Waals surface area contributed by atoms with E-state index < -0.39 is 5.97 Å². The Morgan fingerprint density at radius 2 is 2.35 bits per heavy atom. The van der Waals surface area contributed by atoms with Crippen molar-refractivity contribution in [2.45, 2.75) is 18.9 Å². The maximum absolute atomic E-state index is 10.9. The van der Waals surface area contributed by atoms with Gasteiger partial charge in [-0.05, 0) is 37.0 Å². The number of ether oxygens (including phenoxy) is 1. The Bertz CT molecular complexity index is 401. The summed E-state index contributed by atoms with van der Waals surface area (Å²) in [5.41, 5.74) is 1.15. The van der Waals surface area contributed by atoms with Crippen LogP contribution in [0.2, 0.25) is 0 Å². The van der Waals surface area contributed by atoms with Crippen LogP contribution in [0.4, 0.5) is 5.69 Å². The van der Waals surface area contributed by atoms with Crippen molar-refractivity contribution in [1.29, 1.82) is 0 Å². The number of methoxy groups -OCH3 is 1. The van der Waals surface area contributed by atoms with E-state index in [-0.39, 0.29) is 6.04 Å². The minimum atomic E-state index is -0.900. The Labute approximate surface area is 101 Å². The first-order valence-electron chi connectivity index (χ1n) is 5.79. The molecule has 1 fully saturated rings. The number of benzene rings is 1. The normalized spacial score (nSPS) is 16.5. The molecule has 17 heavy (non-hydrogen) atoms. The van der Waals surface area contributed by atoms with Gasteiger partial charge in [0.05, 0.1) is 18.2 Å². The molecule has 0 aromatic heterocycles. The van der Waals surface area contributed by atoms with Crippen LogP contribution in [-0.4, -0.2) is 30.8 Å². The van der Waals surface area contributed by atoms with E-state index in [1.165, 1.54) is 12.8 Å². The van der Waals surface area contributed by atoms with Crippen LogP contribution < -0.4 is 5.32 Å². The third kappa shape index (κ3) is 3.20. The van der Waals surface area contributed by atoms with Crippen molar-refractivity contribution in [1.82, 2.24) is 0 Å². The average Bonchev–Trinajstić information content (AvgIpc) is 3.13. The van der Waals surface area contributed by atoms with Gasteiger partial charge in [-0.1, -0.05) is 6.07 Å². The van der Waals surface area contributed by atoms with Crippen LogP contribution in [0, 0.1) is 5.92 Å². The van der Waals surface area contributed by atoms with Gasteiger partial charge in [0.2, 0.25) is 0 Å². The number of rotatable bonds is 6. The van der Waals surface area contributed by atoms with E-state index in [1.807, 2.05) is 6.07 Å². The second-order valence-electron chi connectivity index (χ2n) is 4.43. The molecule has 92 valence electrons. The first-order valence-corrected chi connectivity index (χ1v) is 5.79. The van der Waals surface area contributed by atoms with Gasteiger partial charge >= 0.3 is 5.97 Å². The lowest BCUT2D eigenvalue weighted by atomic mass is 10.1. The van der Waals surface area contributed by atoms with Crippen LogP contribution in [-0.2, 0) is 4.74 Å². The van der Waals surface area contributed by atoms with E-state index in [0.717, 1.165) is 5.69 Å². The molecule has 1 aliphatic carbocycles. The van der Waals surface area contributed by atoms with Gasteiger partial charge in [-0.3, -0.25) is 0 Å². The molecule has 1 unspecified atom stereocenters. The number of hydrogen-bond donors (Lipinski definition) is 2. The van der Waals surface area contributed by atoms with Crippen LogP contribution >= 0.6 is 0 Å². The Morgan fingerprint density at radius 3 is 2.94 bits per heavy atom. The molecule has 0 radical (unpaired) electrons. The summed E-state index contributed by atoms with van der Waals surface area (Å²) in [7, 11) is 1.69. The molecule has 2 N–H and O–H groups in total. The summed E-state index contributed by atoms with van der Waals surface area (Å²) in [6.07, 6.45) is 2.44. The molecule has 0 bridgehead atoms. The minimum Gasteiger partial charge on any atom is -0.478 e. The van der Waals surface area contributed by atoms with Crippen LogP contribution in [0.5, 0.6) is 0 Å². The lowest BCUT2D eigenvalue weighted by Crippen LogP contribution is -2.27. The minimum absolute atomic E-state index is 0.282.